The van der Waals surface area contributed by atoms with Gasteiger partial charge in [-0.2, -0.15) is 0 Å². The Kier molecular flexibility index (Phi) is 7.80. The summed E-state index contributed by atoms with van der Waals surface area (Å²) in [5.74, 6) is 1.07. The van der Waals surface area contributed by atoms with Crippen molar-refractivity contribution < 1.29 is 0 Å². The molecule has 0 radical (unpaired) electrons. The van der Waals surface area contributed by atoms with Crippen LogP contribution in [0.15, 0.2) is 72.8 Å². The van der Waals surface area contributed by atoms with Crippen LogP contribution in [0, 0.1) is 20.8 Å². The summed E-state index contributed by atoms with van der Waals surface area (Å²) in [7, 11) is 0. The molecule has 0 saturated carbocycles. The molecule has 0 aliphatic rings. The Balaban J connectivity index is 1.63. The molecule has 0 bridgehead atoms. The minimum absolute atomic E-state index is 0.0460. The molecule has 0 atom stereocenters. The van der Waals surface area contributed by atoms with E-state index >= 15 is 0 Å². The number of unbranched alkanes of at least 4 members (excludes halogenated alkanes) is 1. The van der Waals surface area contributed by atoms with Crippen LogP contribution < -0.4 is 5.32 Å². The second-order valence-corrected chi connectivity index (χ2v) is 15.1. The second kappa shape index (κ2) is 11.4. The van der Waals surface area contributed by atoms with Crippen LogP contribution in [0.3, 0.4) is 0 Å². The Hall–Kier alpha value is -4.11. The average Bonchev–Trinajstić information content (AvgIpc) is 3.32. The summed E-state index contributed by atoms with van der Waals surface area (Å²) >= 11 is 0. The molecule has 6 rings (SSSR count). The number of anilines is 2. The quantitative estimate of drug-likeness (QED) is 0.194. The topological polar surface area (TPSA) is 29.9 Å². The third kappa shape index (κ3) is 5.74. The molecule has 0 aliphatic heterocycles. The highest BCUT2D eigenvalue weighted by Crippen LogP contribution is 2.41. The first-order chi connectivity index (χ1) is 21.3. The lowest BCUT2D eigenvalue weighted by atomic mass is 9.83. The van der Waals surface area contributed by atoms with E-state index < -0.39 is 0 Å². The van der Waals surface area contributed by atoms with Gasteiger partial charge < -0.3 is 9.88 Å². The van der Waals surface area contributed by atoms with Crippen molar-refractivity contribution in [2.75, 3.05) is 5.32 Å². The Morgan fingerprint density at radius 3 is 1.82 bits per heavy atom. The highest BCUT2D eigenvalue weighted by Gasteiger charge is 2.22. The molecule has 3 nitrogen and oxygen atoms in total. The summed E-state index contributed by atoms with van der Waals surface area (Å²) in [6.07, 6.45) is 2.25. The third-order valence-electron chi connectivity index (χ3n) is 9.36. The van der Waals surface area contributed by atoms with E-state index in [1.54, 1.807) is 0 Å². The molecule has 0 amide bonds. The number of hydrogen-bond acceptors (Lipinski definition) is 2. The summed E-state index contributed by atoms with van der Waals surface area (Å²) in [6.45, 7) is 23.6. The van der Waals surface area contributed by atoms with Crippen LogP contribution in [0.25, 0.3) is 44.0 Å². The molecular weight excluding hydrogens is 546 g/mol. The number of benzene rings is 5. The Morgan fingerprint density at radius 2 is 1.29 bits per heavy atom. The highest BCUT2D eigenvalue weighted by molar-refractivity contribution is 6.13. The predicted octanol–water partition coefficient (Wildman–Crippen LogP) is 12.1. The van der Waals surface area contributed by atoms with Crippen LogP contribution in [0.2, 0.25) is 0 Å². The lowest BCUT2D eigenvalue weighted by Crippen LogP contribution is -2.11. The third-order valence-corrected chi connectivity index (χ3v) is 9.36. The number of imidazole rings is 1. The van der Waals surface area contributed by atoms with Crippen molar-refractivity contribution in [3.05, 3.63) is 101 Å². The lowest BCUT2D eigenvalue weighted by Gasteiger charge is -2.23. The SMILES string of the molecule is CCCCn1c(-c2c(C)cc(C)cc2C)nc2c(Nc3c4cc(C(C)(C)C)ccc4cc4ccc(C(C)(C)C)cc34)cccc21. The number of para-hydroxylation sites is 1. The van der Waals surface area contributed by atoms with Crippen molar-refractivity contribution in [1.82, 2.24) is 9.55 Å². The van der Waals surface area contributed by atoms with Gasteiger partial charge in [-0.05, 0) is 101 Å². The molecule has 0 fully saturated rings. The first-order valence-electron chi connectivity index (χ1n) is 16.6. The first kappa shape index (κ1) is 30.9. The maximum absolute atomic E-state index is 5.46. The van der Waals surface area contributed by atoms with E-state index in [4.69, 9.17) is 4.98 Å². The van der Waals surface area contributed by atoms with Gasteiger partial charge in [-0.3, -0.25) is 0 Å². The summed E-state index contributed by atoms with van der Waals surface area (Å²) in [5, 5.41) is 8.98. The second-order valence-electron chi connectivity index (χ2n) is 15.1. The molecule has 1 aromatic heterocycles. The van der Waals surface area contributed by atoms with E-state index in [2.05, 4.69) is 152 Å². The number of aromatic nitrogens is 2. The maximum atomic E-state index is 5.46. The van der Waals surface area contributed by atoms with Crippen molar-refractivity contribution in [3.8, 4) is 11.4 Å². The predicted molar refractivity (Wildman–Crippen MR) is 196 cm³/mol. The maximum Gasteiger partial charge on any atom is 0.141 e. The van der Waals surface area contributed by atoms with Crippen molar-refractivity contribution >= 4 is 44.0 Å². The minimum atomic E-state index is 0.0460. The molecule has 0 aliphatic carbocycles. The van der Waals surface area contributed by atoms with E-state index in [9.17, 15) is 0 Å². The molecule has 0 spiro atoms. The molecule has 232 valence electrons. The fourth-order valence-corrected chi connectivity index (χ4v) is 6.83. The summed E-state index contributed by atoms with van der Waals surface area (Å²) in [5.41, 5.74) is 12.2. The van der Waals surface area contributed by atoms with Gasteiger partial charge in [0.1, 0.15) is 11.3 Å². The normalized spacial score (nSPS) is 12.5. The minimum Gasteiger partial charge on any atom is -0.353 e. The monoisotopic (exact) mass is 595 g/mol. The molecule has 0 saturated heterocycles. The van der Waals surface area contributed by atoms with Crippen LogP contribution in [0.4, 0.5) is 11.4 Å². The van der Waals surface area contributed by atoms with Gasteiger partial charge >= 0.3 is 0 Å². The zero-order valence-corrected chi connectivity index (χ0v) is 28.9. The van der Waals surface area contributed by atoms with Crippen LogP contribution in [0.5, 0.6) is 0 Å². The lowest BCUT2D eigenvalue weighted by molar-refractivity contribution is 0.591. The van der Waals surface area contributed by atoms with Crippen molar-refractivity contribution in [1.29, 1.82) is 0 Å². The number of aryl methyl sites for hydroxylation is 4. The van der Waals surface area contributed by atoms with Crippen molar-refractivity contribution in [2.45, 2.75) is 99.5 Å². The highest BCUT2D eigenvalue weighted by atomic mass is 15.1. The molecular formula is C42H49N3. The van der Waals surface area contributed by atoms with E-state index in [-0.39, 0.29) is 10.8 Å². The number of nitrogens with zero attached hydrogens (tertiary/aromatic N) is 2. The summed E-state index contributed by atoms with van der Waals surface area (Å²) in [4.78, 5) is 5.46. The molecule has 45 heavy (non-hydrogen) atoms. The van der Waals surface area contributed by atoms with Gasteiger partial charge in [0.05, 0.1) is 16.9 Å². The van der Waals surface area contributed by atoms with E-state index in [0.29, 0.717) is 0 Å². The van der Waals surface area contributed by atoms with Gasteiger partial charge in [-0.15, -0.1) is 0 Å². The fourth-order valence-electron chi connectivity index (χ4n) is 6.83. The number of nitrogens with one attached hydrogen (secondary N) is 1. The summed E-state index contributed by atoms with van der Waals surface area (Å²) in [6, 6.07) is 27.5. The Labute approximate surface area is 269 Å². The van der Waals surface area contributed by atoms with Gasteiger partial charge in [0, 0.05) is 22.9 Å². The van der Waals surface area contributed by atoms with Gasteiger partial charge in [-0.25, -0.2) is 4.98 Å². The zero-order chi connectivity index (χ0) is 32.3. The fraction of sp³-hybridized carbons (Fsp3) is 0.357. The first-order valence-corrected chi connectivity index (χ1v) is 16.6. The Bertz CT molecular complexity index is 1970. The van der Waals surface area contributed by atoms with Gasteiger partial charge in [0.15, 0.2) is 0 Å². The number of hydrogen-bond donors (Lipinski definition) is 1. The molecule has 0 unspecified atom stereocenters. The molecule has 3 heteroatoms. The zero-order valence-electron chi connectivity index (χ0n) is 28.9. The van der Waals surface area contributed by atoms with Gasteiger partial charge in [-0.1, -0.05) is 103 Å². The van der Waals surface area contributed by atoms with Crippen LogP contribution >= 0.6 is 0 Å². The molecule has 5 aromatic carbocycles. The average molecular weight is 596 g/mol. The van der Waals surface area contributed by atoms with Gasteiger partial charge in [0.2, 0.25) is 0 Å². The molecule has 6 aromatic rings. The van der Waals surface area contributed by atoms with E-state index in [0.717, 1.165) is 42.1 Å². The van der Waals surface area contributed by atoms with Crippen LogP contribution in [-0.4, -0.2) is 9.55 Å². The largest absolute Gasteiger partial charge is 0.353 e. The van der Waals surface area contributed by atoms with Crippen LogP contribution in [0.1, 0.15) is 89.1 Å². The van der Waals surface area contributed by atoms with E-state index in [1.807, 2.05) is 0 Å². The smallest absolute Gasteiger partial charge is 0.141 e. The van der Waals surface area contributed by atoms with Crippen molar-refractivity contribution in [2.24, 2.45) is 0 Å². The van der Waals surface area contributed by atoms with Crippen LogP contribution in [-0.2, 0) is 17.4 Å². The molecule has 1 N–H and O–H groups in total. The Morgan fingerprint density at radius 1 is 0.711 bits per heavy atom. The number of fused-ring (bicyclic) bond motifs is 3. The summed E-state index contributed by atoms with van der Waals surface area (Å²) < 4.78 is 2.45. The van der Waals surface area contributed by atoms with Crippen molar-refractivity contribution in [3.63, 3.8) is 0 Å². The van der Waals surface area contributed by atoms with Gasteiger partial charge in [0.25, 0.3) is 0 Å². The van der Waals surface area contributed by atoms with E-state index in [1.165, 1.54) is 60.4 Å². The standard InChI is InChI=1S/C42H49N3/c1-11-12-20-45-36-15-13-14-35(39(36)44-40(45)37-27(3)21-26(2)22-28(37)4)43-38-33-24-31(41(5,6)7)18-16-29(33)23-30-17-19-32(25-34(30)38)42(8,9)10/h13-19,21-25,43H,11-12,20H2,1-10H3. The molecule has 1 heterocycles. The number of rotatable bonds is 6.